The van der Waals surface area contributed by atoms with Crippen molar-refractivity contribution in [1.82, 2.24) is 10.2 Å². The molecule has 0 aliphatic carbocycles. The van der Waals surface area contributed by atoms with Crippen LogP contribution < -0.4 is 5.32 Å². The Labute approximate surface area is 156 Å². The first-order valence-electron chi connectivity index (χ1n) is 9.10. The van der Waals surface area contributed by atoms with Crippen molar-refractivity contribution in [3.05, 3.63) is 71.8 Å². The highest BCUT2D eigenvalue weighted by Gasteiger charge is 2.28. The predicted octanol–water partition coefficient (Wildman–Crippen LogP) is 3.42. The Morgan fingerprint density at radius 1 is 0.923 bits per heavy atom. The molecule has 0 aliphatic rings. The molecule has 138 valence electrons. The molecule has 26 heavy (non-hydrogen) atoms. The number of benzene rings is 2. The van der Waals surface area contributed by atoms with Crippen molar-refractivity contribution in [3.63, 3.8) is 0 Å². The Morgan fingerprint density at radius 2 is 1.46 bits per heavy atom. The van der Waals surface area contributed by atoms with Crippen LogP contribution in [0.15, 0.2) is 60.7 Å². The Bertz CT molecular complexity index is 699. The summed E-state index contributed by atoms with van der Waals surface area (Å²) < 4.78 is 0. The van der Waals surface area contributed by atoms with Crippen molar-refractivity contribution < 1.29 is 9.59 Å². The minimum Gasteiger partial charge on any atom is -0.354 e. The average molecular weight is 352 g/mol. The molecular weight excluding hydrogens is 324 g/mol. The van der Waals surface area contributed by atoms with Gasteiger partial charge in [0.15, 0.2) is 0 Å². The predicted molar refractivity (Wildman–Crippen MR) is 104 cm³/mol. The molecule has 1 N–H and O–H groups in total. The molecule has 0 saturated carbocycles. The zero-order valence-electron chi connectivity index (χ0n) is 15.8. The number of nitrogens with one attached hydrogen (secondary N) is 1. The summed E-state index contributed by atoms with van der Waals surface area (Å²) in [5, 5.41) is 2.99. The topological polar surface area (TPSA) is 49.4 Å². The van der Waals surface area contributed by atoms with E-state index in [2.05, 4.69) is 19.2 Å². The molecule has 0 spiro atoms. The summed E-state index contributed by atoms with van der Waals surface area (Å²) in [5.41, 5.74) is 2.05. The normalized spacial score (nSPS) is 11.8. The molecule has 0 aromatic heterocycles. The molecule has 2 aromatic carbocycles. The molecule has 0 aliphatic heterocycles. The maximum atomic E-state index is 12.9. The van der Waals surface area contributed by atoms with Crippen molar-refractivity contribution in [1.29, 1.82) is 0 Å². The van der Waals surface area contributed by atoms with Gasteiger partial charge < -0.3 is 10.2 Å². The fourth-order valence-corrected chi connectivity index (χ4v) is 2.83. The Morgan fingerprint density at radius 3 is 1.96 bits per heavy atom. The van der Waals surface area contributed by atoms with Crippen LogP contribution in [-0.4, -0.2) is 29.3 Å². The SMILES string of the molecule is CC(=O)N(Cc1ccccc1)[C@H](Cc1ccccc1)C(=O)NCC(C)C. The van der Waals surface area contributed by atoms with Crippen LogP contribution in [0.4, 0.5) is 0 Å². The Balaban J connectivity index is 2.25. The first-order valence-corrected chi connectivity index (χ1v) is 9.10. The second kappa shape index (κ2) is 9.76. The molecule has 0 bridgehead atoms. The summed E-state index contributed by atoms with van der Waals surface area (Å²) in [4.78, 5) is 26.9. The van der Waals surface area contributed by atoms with Gasteiger partial charge in [-0.15, -0.1) is 0 Å². The van der Waals surface area contributed by atoms with Crippen LogP contribution in [0.25, 0.3) is 0 Å². The molecule has 4 nitrogen and oxygen atoms in total. The number of hydrogen-bond acceptors (Lipinski definition) is 2. The number of hydrogen-bond donors (Lipinski definition) is 1. The number of rotatable bonds is 8. The molecule has 1 atom stereocenters. The number of nitrogens with zero attached hydrogens (tertiary/aromatic N) is 1. The van der Waals surface area contributed by atoms with E-state index in [0.717, 1.165) is 11.1 Å². The van der Waals surface area contributed by atoms with Gasteiger partial charge in [-0.1, -0.05) is 74.5 Å². The van der Waals surface area contributed by atoms with Crippen LogP contribution in [0.2, 0.25) is 0 Å². The lowest BCUT2D eigenvalue weighted by atomic mass is 10.0. The number of carbonyl (C=O) groups is 2. The third-order valence-electron chi connectivity index (χ3n) is 4.24. The Kier molecular flexibility index (Phi) is 7.39. The highest BCUT2D eigenvalue weighted by atomic mass is 16.2. The lowest BCUT2D eigenvalue weighted by Crippen LogP contribution is -2.50. The van der Waals surface area contributed by atoms with E-state index >= 15 is 0 Å². The summed E-state index contributed by atoms with van der Waals surface area (Å²) in [6.45, 7) is 6.65. The van der Waals surface area contributed by atoms with Crippen molar-refractivity contribution in [2.45, 2.75) is 39.8 Å². The molecule has 2 amide bonds. The molecule has 0 radical (unpaired) electrons. The van der Waals surface area contributed by atoms with E-state index in [-0.39, 0.29) is 11.8 Å². The van der Waals surface area contributed by atoms with Gasteiger partial charge in [0.2, 0.25) is 11.8 Å². The lowest BCUT2D eigenvalue weighted by Gasteiger charge is -2.30. The van der Waals surface area contributed by atoms with Gasteiger partial charge in [0.05, 0.1) is 0 Å². The van der Waals surface area contributed by atoms with E-state index in [0.29, 0.717) is 25.4 Å². The highest BCUT2D eigenvalue weighted by Crippen LogP contribution is 2.14. The maximum absolute atomic E-state index is 12.9. The van der Waals surface area contributed by atoms with Gasteiger partial charge in [-0.3, -0.25) is 9.59 Å². The third kappa shape index (κ3) is 6.03. The van der Waals surface area contributed by atoms with Crippen molar-refractivity contribution in [3.8, 4) is 0 Å². The van der Waals surface area contributed by atoms with Gasteiger partial charge in [-0.2, -0.15) is 0 Å². The van der Waals surface area contributed by atoms with Gasteiger partial charge in [0.25, 0.3) is 0 Å². The molecule has 0 unspecified atom stereocenters. The minimum absolute atomic E-state index is 0.102. The second-order valence-corrected chi connectivity index (χ2v) is 6.98. The van der Waals surface area contributed by atoms with Crippen LogP contribution >= 0.6 is 0 Å². The molecular formula is C22H28N2O2. The lowest BCUT2D eigenvalue weighted by molar-refractivity contribution is -0.139. The van der Waals surface area contributed by atoms with Gasteiger partial charge in [0.1, 0.15) is 6.04 Å². The summed E-state index contributed by atoms with van der Waals surface area (Å²) >= 11 is 0. The van der Waals surface area contributed by atoms with E-state index in [1.165, 1.54) is 6.92 Å². The summed E-state index contributed by atoms with van der Waals surface area (Å²) in [6.07, 6.45) is 0.497. The first kappa shape index (κ1) is 19.7. The Hall–Kier alpha value is -2.62. The molecule has 4 heteroatoms. The summed E-state index contributed by atoms with van der Waals surface area (Å²) in [5.74, 6) is 0.152. The summed E-state index contributed by atoms with van der Waals surface area (Å²) in [7, 11) is 0. The third-order valence-corrected chi connectivity index (χ3v) is 4.24. The standard InChI is InChI=1S/C22H28N2O2/c1-17(2)15-23-22(26)21(14-19-10-6-4-7-11-19)24(18(3)25)16-20-12-8-5-9-13-20/h4-13,17,21H,14-16H2,1-3H3,(H,23,26)/t21-/m1/s1. The van der Waals surface area contributed by atoms with E-state index < -0.39 is 6.04 Å². The van der Waals surface area contributed by atoms with E-state index in [1.54, 1.807) is 4.90 Å². The van der Waals surface area contributed by atoms with Crippen molar-refractivity contribution in [2.24, 2.45) is 5.92 Å². The van der Waals surface area contributed by atoms with Crippen LogP contribution in [0, 0.1) is 5.92 Å². The fraction of sp³-hybridized carbons (Fsp3) is 0.364. The summed E-state index contributed by atoms with van der Waals surface area (Å²) in [6, 6.07) is 19.1. The second-order valence-electron chi connectivity index (χ2n) is 6.98. The van der Waals surface area contributed by atoms with E-state index in [4.69, 9.17) is 0 Å². The molecule has 2 rings (SSSR count). The average Bonchev–Trinajstić information content (AvgIpc) is 2.64. The quantitative estimate of drug-likeness (QED) is 0.791. The zero-order chi connectivity index (χ0) is 18.9. The largest absolute Gasteiger partial charge is 0.354 e. The van der Waals surface area contributed by atoms with Crippen LogP contribution in [0.1, 0.15) is 31.9 Å². The van der Waals surface area contributed by atoms with Gasteiger partial charge in [0, 0.05) is 26.4 Å². The monoisotopic (exact) mass is 352 g/mol. The van der Waals surface area contributed by atoms with Gasteiger partial charge in [-0.25, -0.2) is 0 Å². The smallest absolute Gasteiger partial charge is 0.243 e. The molecule has 0 fully saturated rings. The fourth-order valence-electron chi connectivity index (χ4n) is 2.83. The zero-order valence-corrected chi connectivity index (χ0v) is 15.8. The van der Waals surface area contributed by atoms with Crippen LogP contribution in [-0.2, 0) is 22.6 Å². The minimum atomic E-state index is -0.533. The van der Waals surface area contributed by atoms with Crippen LogP contribution in [0.3, 0.4) is 0 Å². The highest BCUT2D eigenvalue weighted by molar-refractivity contribution is 5.87. The van der Waals surface area contributed by atoms with E-state index in [9.17, 15) is 9.59 Å². The van der Waals surface area contributed by atoms with Crippen molar-refractivity contribution >= 4 is 11.8 Å². The first-order chi connectivity index (χ1) is 12.5. The number of amides is 2. The van der Waals surface area contributed by atoms with E-state index in [1.807, 2.05) is 60.7 Å². The van der Waals surface area contributed by atoms with Gasteiger partial charge in [-0.05, 0) is 17.0 Å². The van der Waals surface area contributed by atoms with Gasteiger partial charge >= 0.3 is 0 Å². The van der Waals surface area contributed by atoms with Crippen molar-refractivity contribution in [2.75, 3.05) is 6.54 Å². The maximum Gasteiger partial charge on any atom is 0.243 e. The molecule has 0 saturated heterocycles. The molecule has 0 heterocycles. The molecule has 2 aromatic rings. The number of carbonyl (C=O) groups excluding carboxylic acids is 2. The van der Waals surface area contributed by atoms with Crippen LogP contribution in [0.5, 0.6) is 0 Å².